The van der Waals surface area contributed by atoms with Crippen LogP contribution in [0.5, 0.6) is 5.75 Å². The van der Waals surface area contributed by atoms with E-state index in [0.717, 1.165) is 12.1 Å². The Morgan fingerprint density at radius 2 is 1.57 bits per heavy atom. The summed E-state index contributed by atoms with van der Waals surface area (Å²) in [5.74, 6) is -0.766. The molecule has 194 valence electrons. The summed E-state index contributed by atoms with van der Waals surface area (Å²) in [6.07, 6.45) is -4.29. The van der Waals surface area contributed by atoms with Crippen molar-refractivity contribution in [3.8, 4) is 5.75 Å². The van der Waals surface area contributed by atoms with Gasteiger partial charge >= 0.3 is 18.2 Å². The number of alkyl halides is 3. The highest BCUT2D eigenvalue weighted by molar-refractivity contribution is 6.00. The number of para-hydroxylation sites is 1. The maximum atomic E-state index is 13.1. The molecular weight excluding hydrogens is 491 g/mol. The summed E-state index contributed by atoms with van der Waals surface area (Å²) >= 11 is 0. The highest BCUT2D eigenvalue weighted by Crippen LogP contribution is 2.34. The molecule has 0 atom stereocenters. The Morgan fingerprint density at radius 1 is 0.892 bits per heavy atom. The third-order valence-electron chi connectivity index (χ3n) is 5.25. The first-order chi connectivity index (χ1) is 17.5. The van der Waals surface area contributed by atoms with Crippen molar-refractivity contribution in [3.05, 3.63) is 83.4 Å². The van der Waals surface area contributed by atoms with Gasteiger partial charge in [0.2, 0.25) is 5.91 Å². The van der Waals surface area contributed by atoms with Crippen LogP contribution >= 0.6 is 0 Å². The first kappa shape index (κ1) is 27.1. The van der Waals surface area contributed by atoms with E-state index in [-0.39, 0.29) is 36.6 Å². The molecule has 0 unspecified atom stereocenters. The van der Waals surface area contributed by atoms with Gasteiger partial charge in [0, 0.05) is 17.8 Å². The lowest BCUT2D eigenvalue weighted by Crippen LogP contribution is -2.21. The molecule has 0 aliphatic rings. The topological polar surface area (TPSA) is 117 Å². The van der Waals surface area contributed by atoms with Crippen LogP contribution < -0.4 is 16.0 Å². The Morgan fingerprint density at radius 3 is 2.24 bits per heavy atom. The minimum Gasteiger partial charge on any atom is -0.508 e. The van der Waals surface area contributed by atoms with Crippen molar-refractivity contribution in [2.75, 3.05) is 23.1 Å². The molecule has 0 radical (unpaired) electrons. The van der Waals surface area contributed by atoms with Crippen LogP contribution in [-0.4, -0.2) is 30.1 Å². The number of phenolic OH excluding ortho intramolecular Hbond substituents is 1. The third kappa shape index (κ3) is 7.99. The number of aryl methyl sites for hydroxylation is 1. The highest BCUT2D eigenvalue weighted by atomic mass is 19.4. The smallest absolute Gasteiger partial charge is 0.418 e. The number of rotatable bonds is 8. The number of phenols is 1. The van der Waals surface area contributed by atoms with E-state index in [2.05, 4.69) is 20.7 Å². The van der Waals surface area contributed by atoms with Gasteiger partial charge in [0.15, 0.2) is 0 Å². The number of hydrogen-bond donors (Lipinski definition) is 4. The maximum Gasteiger partial charge on any atom is 0.418 e. The molecule has 3 amide bonds. The number of halogens is 3. The van der Waals surface area contributed by atoms with Gasteiger partial charge < -0.3 is 25.8 Å². The zero-order chi connectivity index (χ0) is 27.0. The first-order valence-electron chi connectivity index (χ1n) is 11.1. The summed E-state index contributed by atoms with van der Waals surface area (Å²) in [5, 5.41) is 17.3. The second-order valence-corrected chi connectivity index (χ2v) is 7.96. The Kier molecular flexibility index (Phi) is 8.72. The molecular formula is C26H24F3N3O5. The molecule has 3 aromatic carbocycles. The van der Waals surface area contributed by atoms with Crippen LogP contribution in [0.25, 0.3) is 0 Å². The zero-order valence-electron chi connectivity index (χ0n) is 19.7. The molecule has 0 bridgehead atoms. The second-order valence-electron chi connectivity index (χ2n) is 7.96. The second kappa shape index (κ2) is 11.9. The van der Waals surface area contributed by atoms with Crippen LogP contribution in [0.3, 0.4) is 0 Å². The lowest BCUT2D eigenvalue weighted by Gasteiger charge is -2.14. The Hall–Kier alpha value is -4.54. The number of aromatic hydroxyl groups is 1. The summed E-state index contributed by atoms with van der Waals surface area (Å²) < 4.78 is 43.9. The Bertz CT molecular complexity index is 1280. The van der Waals surface area contributed by atoms with Crippen molar-refractivity contribution in [1.29, 1.82) is 0 Å². The summed E-state index contributed by atoms with van der Waals surface area (Å²) in [4.78, 5) is 36.0. The monoisotopic (exact) mass is 515 g/mol. The van der Waals surface area contributed by atoms with E-state index in [1.54, 1.807) is 18.2 Å². The Labute approximate surface area is 210 Å². The number of amides is 3. The van der Waals surface area contributed by atoms with Crippen LogP contribution in [-0.2, 0) is 33.3 Å². The van der Waals surface area contributed by atoms with Crippen LogP contribution in [0.4, 0.5) is 35.0 Å². The number of esters is 1. The van der Waals surface area contributed by atoms with Crippen molar-refractivity contribution >= 4 is 35.0 Å². The standard InChI is InChI=1S/C26H24F3N3O5/c1-37-24(35)13-8-17-15-19(11-12-22(17)33)30-23(34)14-16-6-9-18(10-7-16)31-25(36)32-21-5-3-2-4-20(21)26(27,28)29/h2-7,9-12,15,33H,8,13-14H2,1H3,(H,30,34)(H2,31,32,36). The quantitative estimate of drug-likeness (QED) is 0.239. The van der Waals surface area contributed by atoms with Crippen molar-refractivity contribution in [1.82, 2.24) is 0 Å². The van der Waals surface area contributed by atoms with Crippen molar-refractivity contribution in [2.24, 2.45) is 0 Å². The zero-order valence-corrected chi connectivity index (χ0v) is 19.7. The number of hydrogen-bond acceptors (Lipinski definition) is 5. The van der Waals surface area contributed by atoms with Crippen LogP contribution in [0.2, 0.25) is 0 Å². The molecule has 4 N–H and O–H groups in total. The molecule has 11 heteroatoms. The van der Waals surface area contributed by atoms with Crippen LogP contribution in [0.1, 0.15) is 23.1 Å². The predicted octanol–water partition coefficient (Wildman–Crippen LogP) is 5.34. The lowest BCUT2D eigenvalue weighted by atomic mass is 10.1. The number of carbonyl (C=O) groups is 3. The molecule has 8 nitrogen and oxygen atoms in total. The van der Waals surface area contributed by atoms with Gasteiger partial charge in [0.1, 0.15) is 5.75 Å². The number of anilines is 3. The molecule has 0 fully saturated rings. The first-order valence-corrected chi connectivity index (χ1v) is 11.1. The van der Waals surface area contributed by atoms with Crippen molar-refractivity contribution in [3.63, 3.8) is 0 Å². The molecule has 3 aromatic rings. The van der Waals surface area contributed by atoms with Gasteiger partial charge in [-0.1, -0.05) is 24.3 Å². The minimum absolute atomic E-state index is 0.00377. The molecule has 37 heavy (non-hydrogen) atoms. The average molecular weight is 515 g/mol. The van der Waals surface area contributed by atoms with Crippen molar-refractivity contribution < 1.29 is 37.4 Å². The third-order valence-corrected chi connectivity index (χ3v) is 5.25. The number of nitrogens with one attached hydrogen (secondary N) is 3. The number of carbonyl (C=O) groups excluding carboxylic acids is 3. The number of urea groups is 1. The normalized spacial score (nSPS) is 10.9. The van der Waals surface area contributed by atoms with E-state index in [0.29, 0.717) is 22.5 Å². The minimum atomic E-state index is -4.61. The fourth-order valence-electron chi connectivity index (χ4n) is 3.42. The summed E-state index contributed by atoms with van der Waals surface area (Å²) in [5.41, 5.74) is 0.529. The lowest BCUT2D eigenvalue weighted by molar-refractivity contribution is -0.140. The van der Waals surface area contributed by atoms with Gasteiger partial charge in [-0.2, -0.15) is 13.2 Å². The summed E-state index contributed by atoms with van der Waals surface area (Å²) in [7, 11) is 1.27. The molecule has 0 saturated heterocycles. The van der Waals surface area contributed by atoms with Gasteiger partial charge in [-0.3, -0.25) is 9.59 Å². The van der Waals surface area contributed by atoms with Gasteiger partial charge in [-0.25, -0.2) is 4.79 Å². The van der Waals surface area contributed by atoms with E-state index in [9.17, 15) is 32.7 Å². The van der Waals surface area contributed by atoms with E-state index in [4.69, 9.17) is 0 Å². The van der Waals surface area contributed by atoms with Crippen LogP contribution in [0, 0.1) is 0 Å². The van der Waals surface area contributed by atoms with E-state index < -0.39 is 23.7 Å². The maximum absolute atomic E-state index is 13.1. The van der Waals surface area contributed by atoms with Gasteiger partial charge in [-0.05, 0) is 60.0 Å². The highest BCUT2D eigenvalue weighted by Gasteiger charge is 2.33. The largest absolute Gasteiger partial charge is 0.508 e. The van der Waals surface area contributed by atoms with E-state index in [1.165, 1.54) is 43.5 Å². The van der Waals surface area contributed by atoms with E-state index >= 15 is 0 Å². The molecule has 0 saturated carbocycles. The number of benzene rings is 3. The average Bonchev–Trinajstić information content (AvgIpc) is 2.85. The molecule has 0 spiro atoms. The SMILES string of the molecule is COC(=O)CCc1cc(NC(=O)Cc2ccc(NC(=O)Nc3ccccc3C(F)(F)F)cc2)ccc1O. The molecule has 0 aromatic heterocycles. The van der Waals surface area contributed by atoms with Gasteiger partial charge in [0.25, 0.3) is 0 Å². The fraction of sp³-hybridized carbons (Fsp3) is 0.192. The molecule has 0 heterocycles. The summed E-state index contributed by atoms with van der Waals surface area (Å²) in [6, 6.07) is 14.5. The van der Waals surface area contributed by atoms with Gasteiger partial charge in [-0.15, -0.1) is 0 Å². The Balaban J connectivity index is 1.55. The fourth-order valence-corrected chi connectivity index (χ4v) is 3.42. The number of methoxy groups -OCH3 is 1. The van der Waals surface area contributed by atoms with Gasteiger partial charge in [0.05, 0.1) is 24.8 Å². The molecule has 3 rings (SSSR count). The van der Waals surface area contributed by atoms with Crippen molar-refractivity contribution in [2.45, 2.75) is 25.4 Å². The van der Waals surface area contributed by atoms with E-state index in [1.807, 2.05) is 0 Å². The van der Waals surface area contributed by atoms with Crippen LogP contribution in [0.15, 0.2) is 66.7 Å². The number of ether oxygens (including phenoxy) is 1. The predicted molar refractivity (Wildman–Crippen MR) is 131 cm³/mol. The summed E-state index contributed by atoms with van der Waals surface area (Å²) in [6.45, 7) is 0. The molecule has 0 aliphatic heterocycles. The molecule has 0 aliphatic carbocycles.